The highest BCUT2D eigenvalue weighted by molar-refractivity contribution is 5.28. The summed E-state index contributed by atoms with van der Waals surface area (Å²) in [6, 6.07) is 0. The Morgan fingerprint density at radius 2 is 2.22 bits per heavy atom. The van der Waals surface area contributed by atoms with Crippen LogP contribution in [0, 0.1) is 12.8 Å². The van der Waals surface area contributed by atoms with E-state index in [0.29, 0.717) is 5.92 Å². The lowest BCUT2D eigenvalue weighted by molar-refractivity contribution is 0.0396. The molecule has 0 spiro atoms. The molecule has 4 heteroatoms. The van der Waals surface area contributed by atoms with Gasteiger partial charge in [0.2, 0.25) is 0 Å². The first-order valence-corrected chi connectivity index (χ1v) is 6.98. The molecule has 2 heterocycles. The number of ether oxygens (including phenoxy) is 1. The van der Waals surface area contributed by atoms with Crippen LogP contribution < -0.4 is 5.32 Å². The zero-order chi connectivity index (χ0) is 12.5. The number of nitrogens with zero attached hydrogens (tertiary/aromatic N) is 2. The molecular weight excluding hydrogens is 226 g/mol. The molecule has 18 heavy (non-hydrogen) atoms. The summed E-state index contributed by atoms with van der Waals surface area (Å²) in [7, 11) is 0. The van der Waals surface area contributed by atoms with Crippen molar-refractivity contribution in [2.45, 2.75) is 45.8 Å². The van der Waals surface area contributed by atoms with Gasteiger partial charge in [0.15, 0.2) is 5.82 Å². The van der Waals surface area contributed by atoms with Gasteiger partial charge >= 0.3 is 0 Å². The summed E-state index contributed by atoms with van der Waals surface area (Å²) >= 11 is 0. The van der Waals surface area contributed by atoms with E-state index in [4.69, 9.17) is 14.7 Å². The maximum absolute atomic E-state index is 5.85. The van der Waals surface area contributed by atoms with Gasteiger partial charge in [0.25, 0.3) is 0 Å². The molecule has 98 valence electrons. The highest BCUT2D eigenvalue weighted by Crippen LogP contribution is 2.42. The molecule has 1 aliphatic carbocycles. The molecule has 0 amide bonds. The van der Waals surface area contributed by atoms with E-state index in [0.717, 1.165) is 37.6 Å². The molecule has 0 saturated heterocycles. The van der Waals surface area contributed by atoms with Crippen molar-refractivity contribution in [2.75, 3.05) is 13.2 Å². The Morgan fingerprint density at radius 3 is 2.94 bits per heavy atom. The Labute approximate surface area is 108 Å². The van der Waals surface area contributed by atoms with Crippen molar-refractivity contribution in [3.8, 4) is 0 Å². The van der Waals surface area contributed by atoms with Crippen LogP contribution in [0.2, 0.25) is 0 Å². The Bertz CT molecular complexity index is 443. The van der Waals surface area contributed by atoms with E-state index >= 15 is 0 Å². The average Bonchev–Trinajstić information content (AvgIpc) is 3.20. The fourth-order valence-corrected chi connectivity index (χ4v) is 2.70. The van der Waals surface area contributed by atoms with E-state index in [1.165, 1.54) is 24.1 Å². The predicted octanol–water partition coefficient (Wildman–Crippen LogP) is 1.92. The van der Waals surface area contributed by atoms with Crippen molar-refractivity contribution < 1.29 is 4.74 Å². The Balaban J connectivity index is 1.93. The largest absolute Gasteiger partial charge is 0.370 e. The fraction of sp³-hybridized carbons (Fsp3) is 0.714. The van der Waals surface area contributed by atoms with Gasteiger partial charge in [-0.15, -0.1) is 0 Å². The third kappa shape index (κ3) is 2.27. The smallest absolute Gasteiger partial charge is 0.157 e. The second-order valence-electron chi connectivity index (χ2n) is 5.23. The van der Waals surface area contributed by atoms with Crippen molar-refractivity contribution >= 4 is 0 Å². The summed E-state index contributed by atoms with van der Waals surface area (Å²) in [6.07, 6.45) is 3.66. The van der Waals surface area contributed by atoms with E-state index in [2.05, 4.69) is 12.2 Å². The molecular formula is C14H21N3O. The minimum Gasteiger partial charge on any atom is -0.370 e. The first kappa shape index (κ1) is 12.1. The van der Waals surface area contributed by atoms with Crippen molar-refractivity contribution in [1.29, 1.82) is 0 Å². The number of fused-ring (bicyclic) bond motifs is 1. The second kappa shape index (κ2) is 4.94. The van der Waals surface area contributed by atoms with E-state index in [-0.39, 0.29) is 6.10 Å². The molecule has 0 aromatic carbocycles. The SMILES string of the molecule is CCOC(c1nc(C)c2c(n1)CNCC2)C1CC1. The normalized spacial score (nSPS) is 20.6. The van der Waals surface area contributed by atoms with Crippen LogP contribution in [0.4, 0.5) is 0 Å². The lowest BCUT2D eigenvalue weighted by Crippen LogP contribution is -2.27. The summed E-state index contributed by atoms with van der Waals surface area (Å²) in [6.45, 7) is 6.79. The van der Waals surface area contributed by atoms with Gasteiger partial charge in [0.05, 0.1) is 5.69 Å². The molecule has 1 fully saturated rings. The molecule has 2 aliphatic rings. The number of aryl methyl sites for hydroxylation is 1. The molecule has 0 radical (unpaired) electrons. The van der Waals surface area contributed by atoms with E-state index in [1.54, 1.807) is 0 Å². The van der Waals surface area contributed by atoms with Gasteiger partial charge in [-0.1, -0.05) is 0 Å². The van der Waals surface area contributed by atoms with Gasteiger partial charge in [-0.2, -0.15) is 0 Å². The monoisotopic (exact) mass is 247 g/mol. The molecule has 1 unspecified atom stereocenters. The van der Waals surface area contributed by atoms with E-state index in [9.17, 15) is 0 Å². The minimum atomic E-state index is 0.112. The van der Waals surface area contributed by atoms with E-state index in [1.807, 2.05) is 6.92 Å². The van der Waals surface area contributed by atoms with Crippen molar-refractivity contribution in [2.24, 2.45) is 5.92 Å². The van der Waals surface area contributed by atoms with Crippen LogP contribution in [0.15, 0.2) is 0 Å². The van der Waals surface area contributed by atoms with Gasteiger partial charge in [0.1, 0.15) is 6.10 Å². The van der Waals surface area contributed by atoms with Crippen LogP contribution in [-0.4, -0.2) is 23.1 Å². The van der Waals surface area contributed by atoms with Crippen LogP contribution in [-0.2, 0) is 17.7 Å². The minimum absolute atomic E-state index is 0.112. The summed E-state index contributed by atoms with van der Waals surface area (Å²) in [5, 5.41) is 3.38. The van der Waals surface area contributed by atoms with Gasteiger partial charge in [-0.05, 0) is 51.1 Å². The van der Waals surface area contributed by atoms with E-state index < -0.39 is 0 Å². The van der Waals surface area contributed by atoms with Crippen LogP contribution >= 0.6 is 0 Å². The molecule has 1 aliphatic heterocycles. The van der Waals surface area contributed by atoms with Crippen molar-refractivity contribution in [3.63, 3.8) is 0 Å². The molecule has 0 bridgehead atoms. The topological polar surface area (TPSA) is 47.0 Å². The molecule has 1 saturated carbocycles. The van der Waals surface area contributed by atoms with Crippen LogP contribution in [0.1, 0.15) is 48.6 Å². The number of aromatic nitrogens is 2. The van der Waals surface area contributed by atoms with Gasteiger partial charge in [-0.25, -0.2) is 9.97 Å². The first-order chi connectivity index (χ1) is 8.79. The summed E-state index contributed by atoms with van der Waals surface area (Å²) in [5.41, 5.74) is 3.65. The van der Waals surface area contributed by atoms with Gasteiger partial charge in [-0.3, -0.25) is 0 Å². The second-order valence-corrected chi connectivity index (χ2v) is 5.23. The molecule has 1 N–H and O–H groups in total. The number of hydrogen-bond acceptors (Lipinski definition) is 4. The Kier molecular flexibility index (Phi) is 3.31. The highest BCUT2D eigenvalue weighted by atomic mass is 16.5. The standard InChI is InChI=1S/C14H21N3O/c1-3-18-13(10-4-5-10)14-16-9(2)11-6-7-15-8-12(11)17-14/h10,13,15H,3-8H2,1-2H3. The number of hydrogen-bond donors (Lipinski definition) is 1. The molecule has 4 nitrogen and oxygen atoms in total. The maximum Gasteiger partial charge on any atom is 0.157 e. The summed E-state index contributed by atoms with van der Waals surface area (Å²) in [5.74, 6) is 1.54. The molecule has 1 aromatic rings. The van der Waals surface area contributed by atoms with Crippen LogP contribution in [0.5, 0.6) is 0 Å². The summed E-state index contributed by atoms with van der Waals surface area (Å²) < 4.78 is 5.85. The van der Waals surface area contributed by atoms with Crippen LogP contribution in [0.25, 0.3) is 0 Å². The molecule has 1 atom stereocenters. The highest BCUT2D eigenvalue weighted by Gasteiger charge is 2.35. The average molecular weight is 247 g/mol. The molecule has 3 rings (SSSR count). The first-order valence-electron chi connectivity index (χ1n) is 6.98. The van der Waals surface area contributed by atoms with Crippen LogP contribution in [0.3, 0.4) is 0 Å². The number of rotatable bonds is 4. The zero-order valence-corrected chi connectivity index (χ0v) is 11.2. The Morgan fingerprint density at radius 1 is 1.39 bits per heavy atom. The maximum atomic E-state index is 5.85. The summed E-state index contributed by atoms with van der Waals surface area (Å²) in [4.78, 5) is 9.46. The Hall–Kier alpha value is -1.00. The quantitative estimate of drug-likeness (QED) is 0.883. The zero-order valence-electron chi connectivity index (χ0n) is 11.2. The number of nitrogens with one attached hydrogen (secondary N) is 1. The lowest BCUT2D eigenvalue weighted by Gasteiger charge is -2.21. The predicted molar refractivity (Wildman–Crippen MR) is 69.3 cm³/mol. The lowest BCUT2D eigenvalue weighted by atomic mass is 10.0. The third-order valence-electron chi connectivity index (χ3n) is 3.81. The third-order valence-corrected chi connectivity index (χ3v) is 3.81. The van der Waals surface area contributed by atoms with Gasteiger partial charge < -0.3 is 10.1 Å². The van der Waals surface area contributed by atoms with Crippen molar-refractivity contribution in [3.05, 3.63) is 22.8 Å². The van der Waals surface area contributed by atoms with Gasteiger partial charge in [0, 0.05) is 18.8 Å². The van der Waals surface area contributed by atoms with Crippen molar-refractivity contribution in [1.82, 2.24) is 15.3 Å². The molecule has 1 aromatic heterocycles. The fourth-order valence-electron chi connectivity index (χ4n) is 2.70.